The van der Waals surface area contributed by atoms with Gasteiger partial charge in [0.25, 0.3) is 10.0 Å². The predicted octanol–water partition coefficient (Wildman–Crippen LogP) is 1.52. The molecule has 1 aliphatic heterocycles. The van der Waals surface area contributed by atoms with Crippen LogP contribution in [0.2, 0.25) is 0 Å². The molecule has 1 aromatic carbocycles. The molecule has 2 heterocycles. The molecule has 0 saturated carbocycles. The van der Waals surface area contributed by atoms with Gasteiger partial charge in [0.05, 0.1) is 24.2 Å². The second-order valence-corrected chi connectivity index (χ2v) is 6.37. The lowest BCUT2D eigenvalue weighted by molar-refractivity contribution is 0.587. The summed E-state index contributed by atoms with van der Waals surface area (Å²) in [4.78, 5) is 4.02. The van der Waals surface area contributed by atoms with Gasteiger partial charge in [0, 0.05) is 19.3 Å². The molecule has 0 bridgehead atoms. The zero-order chi connectivity index (χ0) is 14.2. The quantitative estimate of drug-likeness (QED) is 0.931. The minimum Gasteiger partial charge on any atom is -0.382 e. The van der Waals surface area contributed by atoms with Crippen molar-refractivity contribution in [1.29, 1.82) is 0 Å². The number of aromatic nitrogens is 2. The maximum Gasteiger partial charge on any atom is 0.283 e. The Morgan fingerprint density at radius 2 is 2.15 bits per heavy atom. The number of fused-ring (bicyclic) bond motifs is 1. The summed E-state index contributed by atoms with van der Waals surface area (Å²) in [5.74, 6) is 0. The average Bonchev–Trinajstić information content (AvgIpc) is 2.96. The second-order valence-electron chi connectivity index (χ2n) is 4.56. The van der Waals surface area contributed by atoms with Crippen LogP contribution in [-0.2, 0) is 16.6 Å². The van der Waals surface area contributed by atoms with Gasteiger partial charge in [0.2, 0.25) is 0 Å². The lowest BCUT2D eigenvalue weighted by atomic mass is 10.2. The number of aryl methyl sites for hydroxylation is 1. The monoisotopic (exact) mass is 292 g/mol. The first kappa shape index (κ1) is 13.0. The van der Waals surface area contributed by atoms with E-state index in [0.29, 0.717) is 25.3 Å². The van der Waals surface area contributed by atoms with E-state index in [1.54, 1.807) is 23.2 Å². The van der Waals surface area contributed by atoms with Gasteiger partial charge < -0.3 is 9.88 Å². The van der Waals surface area contributed by atoms with E-state index >= 15 is 0 Å². The number of rotatable bonds is 3. The maximum atomic E-state index is 12.7. The molecule has 0 saturated heterocycles. The van der Waals surface area contributed by atoms with Gasteiger partial charge in [-0.25, -0.2) is 4.98 Å². The van der Waals surface area contributed by atoms with Crippen molar-refractivity contribution in [2.24, 2.45) is 0 Å². The van der Waals surface area contributed by atoms with Gasteiger partial charge in [-0.1, -0.05) is 12.1 Å². The molecule has 0 atom stereocenters. The molecular formula is C13H16N4O2S. The molecule has 20 heavy (non-hydrogen) atoms. The summed E-state index contributed by atoms with van der Waals surface area (Å²) in [6, 6.07) is 7.39. The Bertz CT molecular complexity index is 723. The van der Waals surface area contributed by atoms with Crippen LogP contribution >= 0.6 is 0 Å². The van der Waals surface area contributed by atoms with Crippen LogP contribution in [0.1, 0.15) is 6.92 Å². The first-order valence-corrected chi connectivity index (χ1v) is 7.94. The van der Waals surface area contributed by atoms with Crippen molar-refractivity contribution < 1.29 is 8.42 Å². The number of nitrogens with one attached hydrogen (secondary N) is 1. The molecule has 0 fully saturated rings. The van der Waals surface area contributed by atoms with Crippen LogP contribution in [-0.4, -0.2) is 31.1 Å². The highest BCUT2D eigenvalue weighted by Gasteiger charge is 2.30. The van der Waals surface area contributed by atoms with Gasteiger partial charge in [-0.05, 0) is 19.1 Å². The van der Waals surface area contributed by atoms with Crippen molar-refractivity contribution >= 4 is 21.4 Å². The normalized spacial score (nSPS) is 14.8. The van der Waals surface area contributed by atoms with Gasteiger partial charge in [0.1, 0.15) is 0 Å². The van der Waals surface area contributed by atoms with Gasteiger partial charge in [-0.3, -0.25) is 4.31 Å². The van der Waals surface area contributed by atoms with Crippen molar-refractivity contribution in [2.45, 2.75) is 18.5 Å². The molecule has 6 nitrogen and oxygen atoms in total. The molecule has 0 aliphatic carbocycles. The first-order chi connectivity index (χ1) is 9.63. The zero-order valence-corrected chi connectivity index (χ0v) is 12.0. The van der Waals surface area contributed by atoms with Crippen LogP contribution in [0.4, 0.5) is 11.4 Å². The summed E-state index contributed by atoms with van der Waals surface area (Å²) in [7, 11) is -3.60. The number of hydrogen-bond acceptors (Lipinski definition) is 4. The highest BCUT2D eigenvalue weighted by atomic mass is 32.2. The summed E-state index contributed by atoms with van der Waals surface area (Å²) in [6.07, 6.45) is 3.11. The molecule has 0 amide bonds. The third kappa shape index (κ3) is 2.03. The topological polar surface area (TPSA) is 67.2 Å². The Balaban J connectivity index is 2.04. The summed E-state index contributed by atoms with van der Waals surface area (Å²) in [5, 5.41) is 3.29. The number of anilines is 2. The van der Waals surface area contributed by atoms with Crippen molar-refractivity contribution in [2.75, 3.05) is 22.7 Å². The SMILES string of the molecule is CCn1cnc(S(=O)(=O)N2CCNc3ccccc32)c1. The van der Waals surface area contributed by atoms with E-state index < -0.39 is 10.0 Å². The number of hydrogen-bond donors (Lipinski definition) is 1. The standard InChI is InChI=1S/C13H16N4O2S/c1-2-16-9-13(15-10-16)20(18,19)17-8-7-14-11-5-3-4-6-12(11)17/h3-6,9-10,14H,2,7-8H2,1H3. The lowest BCUT2D eigenvalue weighted by Crippen LogP contribution is -2.38. The van der Waals surface area contributed by atoms with Crippen LogP contribution in [0.15, 0.2) is 41.8 Å². The third-order valence-corrected chi connectivity index (χ3v) is 5.03. The van der Waals surface area contributed by atoms with E-state index in [4.69, 9.17) is 0 Å². The molecule has 7 heteroatoms. The lowest BCUT2D eigenvalue weighted by Gasteiger charge is -2.30. The Morgan fingerprint density at radius 3 is 2.90 bits per heavy atom. The number of benzene rings is 1. The Kier molecular flexibility index (Phi) is 3.13. The highest BCUT2D eigenvalue weighted by molar-refractivity contribution is 7.92. The van der Waals surface area contributed by atoms with Crippen LogP contribution in [0.5, 0.6) is 0 Å². The summed E-state index contributed by atoms with van der Waals surface area (Å²) < 4.78 is 28.6. The van der Waals surface area contributed by atoms with E-state index in [1.807, 2.05) is 25.1 Å². The van der Waals surface area contributed by atoms with E-state index in [0.717, 1.165) is 5.69 Å². The molecule has 0 radical (unpaired) electrons. The maximum absolute atomic E-state index is 12.7. The molecular weight excluding hydrogens is 276 g/mol. The van der Waals surface area contributed by atoms with Gasteiger partial charge in [-0.2, -0.15) is 8.42 Å². The molecule has 2 aromatic rings. The Hall–Kier alpha value is -2.02. The fraction of sp³-hybridized carbons (Fsp3) is 0.308. The first-order valence-electron chi connectivity index (χ1n) is 6.50. The minimum atomic E-state index is -3.60. The summed E-state index contributed by atoms with van der Waals surface area (Å²) in [5.41, 5.74) is 1.50. The van der Waals surface area contributed by atoms with Gasteiger partial charge in [0.15, 0.2) is 5.03 Å². The third-order valence-electron chi connectivity index (χ3n) is 3.33. The van der Waals surface area contributed by atoms with E-state index in [-0.39, 0.29) is 5.03 Å². The predicted molar refractivity (Wildman–Crippen MR) is 77.4 cm³/mol. The Morgan fingerprint density at radius 1 is 1.35 bits per heavy atom. The van der Waals surface area contributed by atoms with Crippen LogP contribution in [0, 0.1) is 0 Å². The molecule has 106 valence electrons. The van der Waals surface area contributed by atoms with Crippen molar-refractivity contribution in [3.8, 4) is 0 Å². The highest BCUT2D eigenvalue weighted by Crippen LogP contribution is 2.32. The van der Waals surface area contributed by atoms with Crippen molar-refractivity contribution in [3.63, 3.8) is 0 Å². The molecule has 0 spiro atoms. The molecule has 1 aliphatic rings. The largest absolute Gasteiger partial charge is 0.382 e. The van der Waals surface area contributed by atoms with Gasteiger partial charge >= 0.3 is 0 Å². The smallest absolute Gasteiger partial charge is 0.283 e. The molecule has 0 unspecified atom stereocenters. The van der Waals surface area contributed by atoms with Crippen LogP contribution in [0.3, 0.4) is 0 Å². The number of imidazole rings is 1. The molecule has 1 aromatic heterocycles. The molecule has 3 rings (SSSR count). The Labute approximate surface area is 118 Å². The summed E-state index contributed by atoms with van der Waals surface area (Å²) >= 11 is 0. The number of nitrogens with zero attached hydrogens (tertiary/aromatic N) is 3. The number of sulfonamides is 1. The van der Waals surface area contributed by atoms with E-state index in [9.17, 15) is 8.42 Å². The minimum absolute atomic E-state index is 0.0936. The number of para-hydroxylation sites is 2. The average molecular weight is 292 g/mol. The van der Waals surface area contributed by atoms with E-state index in [1.165, 1.54) is 4.31 Å². The van der Waals surface area contributed by atoms with Crippen molar-refractivity contribution in [1.82, 2.24) is 9.55 Å². The van der Waals surface area contributed by atoms with E-state index in [2.05, 4.69) is 10.3 Å². The van der Waals surface area contributed by atoms with Crippen LogP contribution in [0.25, 0.3) is 0 Å². The van der Waals surface area contributed by atoms with Crippen LogP contribution < -0.4 is 9.62 Å². The zero-order valence-electron chi connectivity index (χ0n) is 11.2. The molecule has 1 N–H and O–H groups in total. The summed E-state index contributed by atoms with van der Waals surface area (Å²) in [6.45, 7) is 3.63. The van der Waals surface area contributed by atoms with Crippen molar-refractivity contribution in [3.05, 3.63) is 36.8 Å². The fourth-order valence-corrected chi connectivity index (χ4v) is 3.69. The fourth-order valence-electron chi connectivity index (χ4n) is 2.26. The van der Waals surface area contributed by atoms with Gasteiger partial charge in [-0.15, -0.1) is 0 Å². The second kappa shape index (κ2) is 4.82.